The summed E-state index contributed by atoms with van der Waals surface area (Å²) in [5.74, 6) is 0.431. The molecule has 0 aliphatic heterocycles. The van der Waals surface area contributed by atoms with Gasteiger partial charge in [-0.1, -0.05) is 6.92 Å². The Labute approximate surface area is 106 Å². The smallest absolute Gasteiger partial charge is 0.333 e. The molecule has 7 nitrogen and oxygen atoms in total. The fourth-order valence-electron chi connectivity index (χ4n) is 1.89. The first kappa shape index (κ1) is 14.4. The number of aliphatic hydroxyl groups excluding tert-OH is 1. The monoisotopic (exact) mass is 256 g/mol. The second kappa shape index (κ2) is 6.34. The number of hydrogen-bond donors (Lipinski definition) is 2. The van der Waals surface area contributed by atoms with Crippen LogP contribution >= 0.6 is 0 Å². The van der Waals surface area contributed by atoms with Crippen LogP contribution < -0.4 is 5.32 Å². The zero-order chi connectivity index (χ0) is 13.7. The van der Waals surface area contributed by atoms with E-state index in [0.29, 0.717) is 24.5 Å². The summed E-state index contributed by atoms with van der Waals surface area (Å²) < 4.78 is 1.59. The fraction of sp³-hybridized carbons (Fsp3) is 0.727. The van der Waals surface area contributed by atoms with Crippen molar-refractivity contribution >= 4 is 11.5 Å². The first-order valence-electron chi connectivity index (χ1n) is 6.14. The predicted molar refractivity (Wildman–Crippen MR) is 68.7 cm³/mol. The maximum Gasteiger partial charge on any atom is 0.333 e. The highest BCUT2D eigenvalue weighted by atomic mass is 16.6. The average molecular weight is 256 g/mol. The molecule has 18 heavy (non-hydrogen) atoms. The topological polar surface area (TPSA) is 93.2 Å². The van der Waals surface area contributed by atoms with Gasteiger partial charge in [-0.25, -0.2) is 4.68 Å². The number of rotatable bonds is 7. The van der Waals surface area contributed by atoms with Crippen molar-refractivity contribution in [3.8, 4) is 0 Å². The van der Waals surface area contributed by atoms with Crippen molar-refractivity contribution in [2.24, 2.45) is 0 Å². The molecule has 0 spiro atoms. The summed E-state index contributed by atoms with van der Waals surface area (Å²) in [6.45, 7) is 6.10. The quantitative estimate of drug-likeness (QED) is 0.572. The molecule has 7 heteroatoms. The van der Waals surface area contributed by atoms with Gasteiger partial charge in [0.15, 0.2) is 0 Å². The van der Waals surface area contributed by atoms with Crippen molar-refractivity contribution in [1.82, 2.24) is 9.78 Å². The Hall–Kier alpha value is -1.63. The summed E-state index contributed by atoms with van der Waals surface area (Å²) in [6, 6.07) is 0.00935. The fourth-order valence-corrected chi connectivity index (χ4v) is 1.89. The number of nitro groups is 1. The van der Waals surface area contributed by atoms with Gasteiger partial charge in [-0.05, 0) is 26.7 Å². The molecule has 0 radical (unpaired) electrons. The SMILES string of the molecule is CCC(CCO)Nc1c([N+](=O)[O-])c(C)nn1CC. The highest BCUT2D eigenvalue weighted by molar-refractivity contribution is 5.60. The van der Waals surface area contributed by atoms with E-state index in [0.717, 1.165) is 6.42 Å². The number of nitrogens with zero attached hydrogens (tertiary/aromatic N) is 3. The minimum atomic E-state index is -0.414. The number of anilines is 1. The van der Waals surface area contributed by atoms with Crippen molar-refractivity contribution < 1.29 is 10.0 Å². The van der Waals surface area contributed by atoms with E-state index in [2.05, 4.69) is 10.4 Å². The van der Waals surface area contributed by atoms with Gasteiger partial charge in [-0.3, -0.25) is 10.1 Å². The summed E-state index contributed by atoms with van der Waals surface area (Å²) in [7, 11) is 0. The molecule has 0 amide bonds. The summed E-state index contributed by atoms with van der Waals surface area (Å²) in [6.07, 6.45) is 1.34. The van der Waals surface area contributed by atoms with Gasteiger partial charge in [0.05, 0.1) is 4.92 Å². The molecular weight excluding hydrogens is 236 g/mol. The van der Waals surface area contributed by atoms with Gasteiger partial charge < -0.3 is 10.4 Å². The second-order valence-electron chi connectivity index (χ2n) is 4.12. The zero-order valence-electron chi connectivity index (χ0n) is 11.0. The van der Waals surface area contributed by atoms with Gasteiger partial charge in [0, 0.05) is 19.2 Å². The molecule has 0 saturated carbocycles. The van der Waals surface area contributed by atoms with Crippen molar-refractivity contribution in [1.29, 1.82) is 0 Å². The van der Waals surface area contributed by atoms with E-state index in [1.807, 2.05) is 13.8 Å². The molecule has 1 unspecified atom stereocenters. The van der Waals surface area contributed by atoms with E-state index < -0.39 is 4.92 Å². The van der Waals surface area contributed by atoms with Gasteiger partial charge in [-0.15, -0.1) is 0 Å². The molecule has 0 aromatic carbocycles. The third-order valence-electron chi connectivity index (χ3n) is 2.89. The lowest BCUT2D eigenvalue weighted by Gasteiger charge is -2.17. The van der Waals surface area contributed by atoms with Crippen LogP contribution in [0.1, 0.15) is 32.4 Å². The standard InChI is InChI=1S/C11H20N4O3/c1-4-9(6-7-16)12-11-10(15(17)18)8(3)13-14(11)5-2/h9,12,16H,4-7H2,1-3H3. The van der Waals surface area contributed by atoms with Crippen LogP contribution in [0.3, 0.4) is 0 Å². The minimum Gasteiger partial charge on any atom is -0.396 e. The number of aliphatic hydroxyl groups is 1. The number of aromatic nitrogens is 2. The molecule has 2 N–H and O–H groups in total. The van der Waals surface area contributed by atoms with Crippen LogP contribution in [0, 0.1) is 17.0 Å². The molecule has 0 saturated heterocycles. The lowest BCUT2D eigenvalue weighted by atomic mass is 10.1. The maximum absolute atomic E-state index is 11.1. The van der Waals surface area contributed by atoms with Crippen LogP contribution in [-0.2, 0) is 6.54 Å². The molecule has 0 bridgehead atoms. The molecule has 1 aromatic rings. The third kappa shape index (κ3) is 2.98. The van der Waals surface area contributed by atoms with Crippen LogP contribution in [0.5, 0.6) is 0 Å². The largest absolute Gasteiger partial charge is 0.396 e. The van der Waals surface area contributed by atoms with E-state index in [4.69, 9.17) is 5.11 Å². The first-order chi connectivity index (χ1) is 8.54. The molecule has 0 aliphatic carbocycles. The first-order valence-corrected chi connectivity index (χ1v) is 6.14. The van der Waals surface area contributed by atoms with E-state index in [-0.39, 0.29) is 18.3 Å². The van der Waals surface area contributed by atoms with Gasteiger partial charge in [0.2, 0.25) is 5.82 Å². The average Bonchev–Trinajstić information content (AvgIpc) is 2.64. The van der Waals surface area contributed by atoms with E-state index >= 15 is 0 Å². The summed E-state index contributed by atoms with van der Waals surface area (Å²) in [4.78, 5) is 10.6. The molecule has 1 heterocycles. The van der Waals surface area contributed by atoms with Crippen LogP contribution in [0.2, 0.25) is 0 Å². The van der Waals surface area contributed by atoms with E-state index in [1.54, 1.807) is 11.6 Å². The van der Waals surface area contributed by atoms with Crippen molar-refractivity contribution in [2.45, 2.75) is 46.2 Å². The molecule has 1 atom stereocenters. The van der Waals surface area contributed by atoms with Crippen molar-refractivity contribution in [3.63, 3.8) is 0 Å². The van der Waals surface area contributed by atoms with Crippen LogP contribution in [-0.4, -0.2) is 32.5 Å². The normalized spacial score (nSPS) is 12.4. The lowest BCUT2D eigenvalue weighted by molar-refractivity contribution is -0.384. The lowest BCUT2D eigenvalue weighted by Crippen LogP contribution is -2.22. The predicted octanol–water partition coefficient (Wildman–Crippen LogP) is 1.69. The Balaban J connectivity index is 3.08. The molecule has 102 valence electrons. The summed E-state index contributed by atoms with van der Waals surface area (Å²) in [5.41, 5.74) is 0.427. The Morgan fingerprint density at radius 2 is 2.22 bits per heavy atom. The Kier molecular flexibility index (Phi) is 5.08. The van der Waals surface area contributed by atoms with Gasteiger partial charge in [0.1, 0.15) is 5.69 Å². The number of aryl methyl sites for hydroxylation is 2. The van der Waals surface area contributed by atoms with E-state index in [9.17, 15) is 10.1 Å². The summed E-state index contributed by atoms with van der Waals surface area (Å²) in [5, 5.41) is 27.3. The molecule has 1 aromatic heterocycles. The van der Waals surface area contributed by atoms with Crippen LogP contribution in [0.15, 0.2) is 0 Å². The Morgan fingerprint density at radius 3 is 2.67 bits per heavy atom. The molecule has 0 aliphatic rings. The highest BCUT2D eigenvalue weighted by Gasteiger charge is 2.26. The Morgan fingerprint density at radius 1 is 1.56 bits per heavy atom. The maximum atomic E-state index is 11.1. The zero-order valence-corrected chi connectivity index (χ0v) is 11.0. The Bertz CT molecular complexity index is 417. The van der Waals surface area contributed by atoms with Gasteiger partial charge >= 0.3 is 5.69 Å². The van der Waals surface area contributed by atoms with Gasteiger partial charge in [0.25, 0.3) is 0 Å². The minimum absolute atomic E-state index is 0.00935. The second-order valence-corrected chi connectivity index (χ2v) is 4.12. The van der Waals surface area contributed by atoms with Crippen LogP contribution in [0.25, 0.3) is 0 Å². The number of nitrogens with one attached hydrogen (secondary N) is 1. The third-order valence-corrected chi connectivity index (χ3v) is 2.89. The van der Waals surface area contributed by atoms with E-state index in [1.165, 1.54) is 0 Å². The molecule has 1 rings (SSSR count). The summed E-state index contributed by atoms with van der Waals surface area (Å²) >= 11 is 0. The molecule has 0 fully saturated rings. The van der Waals surface area contributed by atoms with Crippen molar-refractivity contribution in [3.05, 3.63) is 15.8 Å². The van der Waals surface area contributed by atoms with Gasteiger partial charge in [-0.2, -0.15) is 5.10 Å². The van der Waals surface area contributed by atoms with Crippen molar-refractivity contribution in [2.75, 3.05) is 11.9 Å². The van der Waals surface area contributed by atoms with Crippen LogP contribution in [0.4, 0.5) is 11.5 Å². The molecular formula is C11H20N4O3. The highest BCUT2D eigenvalue weighted by Crippen LogP contribution is 2.29. The number of hydrogen-bond acceptors (Lipinski definition) is 5.